The highest BCUT2D eigenvalue weighted by Gasteiger charge is 2.10. The van der Waals surface area contributed by atoms with Crippen LogP contribution in [0.4, 0.5) is 0 Å². The summed E-state index contributed by atoms with van der Waals surface area (Å²) in [7, 11) is 3.42. The highest BCUT2D eigenvalue weighted by atomic mass is 16.5. The van der Waals surface area contributed by atoms with Gasteiger partial charge >= 0.3 is 0 Å². The summed E-state index contributed by atoms with van der Waals surface area (Å²) in [6, 6.07) is 2.01. The van der Waals surface area contributed by atoms with E-state index in [1.807, 2.05) is 6.07 Å². The standard InChI is InChI=1S/C15H29N3O3/c1-13(2)10-16-11-14-9-15(21-17-14)12-18(5-7-19-3)6-8-20-4/h9,13,16H,5-8,10-12H2,1-4H3. The van der Waals surface area contributed by atoms with Gasteiger partial charge in [0.1, 0.15) is 0 Å². The molecule has 1 heterocycles. The molecule has 6 heteroatoms. The third-order valence-corrected chi connectivity index (χ3v) is 3.07. The number of ether oxygens (including phenoxy) is 2. The summed E-state index contributed by atoms with van der Waals surface area (Å²) in [6.45, 7) is 9.91. The molecule has 0 radical (unpaired) electrons. The van der Waals surface area contributed by atoms with E-state index in [9.17, 15) is 0 Å². The average Bonchev–Trinajstić information content (AvgIpc) is 2.89. The van der Waals surface area contributed by atoms with Crippen LogP contribution in [0, 0.1) is 5.92 Å². The van der Waals surface area contributed by atoms with Crippen molar-refractivity contribution in [1.29, 1.82) is 0 Å². The molecule has 0 unspecified atom stereocenters. The fourth-order valence-electron chi connectivity index (χ4n) is 1.93. The van der Waals surface area contributed by atoms with Crippen LogP contribution in [-0.2, 0) is 22.6 Å². The summed E-state index contributed by atoms with van der Waals surface area (Å²) in [6.07, 6.45) is 0. The molecule has 0 atom stereocenters. The van der Waals surface area contributed by atoms with E-state index in [1.165, 1.54) is 0 Å². The Labute approximate surface area is 127 Å². The Morgan fingerprint density at radius 3 is 2.48 bits per heavy atom. The smallest absolute Gasteiger partial charge is 0.151 e. The van der Waals surface area contributed by atoms with E-state index in [1.54, 1.807) is 14.2 Å². The molecule has 0 aliphatic heterocycles. The summed E-state index contributed by atoms with van der Waals surface area (Å²) < 4.78 is 15.7. The molecule has 0 spiro atoms. The molecule has 0 aliphatic carbocycles. The van der Waals surface area contributed by atoms with E-state index >= 15 is 0 Å². The number of aromatic nitrogens is 1. The molecular formula is C15H29N3O3. The lowest BCUT2D eigenvalue weighted by Crippen LogP contribution is -2.30. The van der Waals surface area contributed by atoms with Crippen LogP contribution < -0.4 is 5.32 Å². The zero-order chi connectivity index (χ0) is 15.5. The van der Waals surface area contributed by atoms with Crippen molar-refractivity contribution in [3.05, 3.63) is 17.5 Å². The van der Waals surface area contributed by atoms with Gasteiger partial charge in [-0.1, -0.05) is 19.0 Å². The molecule has 0 amide bonds. The number of methoxy groups -OCH3 is 2. The van der Waals surface area contributed by atoms with E-state index in [-0.39, 0.29) is 0 Å². The SMILES string of the molecule is COCCN(CCOC)Cc1cc(CNCC(C)C)no1. The van der Waals surface area contributed by atoms with Crippen molar-refractivity contribution >= 4 is 0 Å². The Bertz CT molecular complexity index is 361. The van der Waals surface area contributed by atoms with Gasteiger partial charge in [0.2, 0.25) is 0 Å². The Hall–Kier alpha value is -0.950. The second kappa shape index (κ2) is 10.7. The maximum absolute atomic E-state index is 5.40. The molecule has 1 aromatic rings. The van der Waals surface area contributed by atoms with Crippen molar-refractivity contribution in [2.75, 3.05) is 47.1 Å². The van der Waals surface area contributed by atoms with Gasteiger partial charge in [0, 0.05) is 39.9 Å². The highest BCUT2D eigenvalue weighted by Crippen LogP contribution is 2.07. The highest BCUT2D eigenvalue weighted by molar-refractivity contribution is 5.05. The average molecular weight is 299 g/mol. The number of nitrogens with one attached hydrogen (secondary N) is 1. The van der Waals surface area contributed by atoms with Crippen molar-refractivity contribution < 1.29 is 14.0 Å². The molecule has 1 aromatic heterocycles. The first-order chi connectivity index (χ1) is 10.2. The van der Waals surface area contributed by atoms with Gasteiger partial charge in [0.15, 0.2) is 5.76 Å². The van der Waals surface area contributed by atoms with Crippen LogP contribution in [0.3, 0.4) is 0 Å². The molecule has 21 heavy (non-hydrogen) atoms. The summed E-state index contributed by atoms with van der Waals surface area (Å²) in [5.41, 5.74) is 0.948. The van der Waals surface area contributed by atoms with Gasteiger partial charge < -0.3 is 19.3 Å². The first kappa shape index (κ1) is 18.1. The first-order valence-corrected chi connectivity index (χ1v) is 7.51. The molecule has 6 nitrogen and oxygen atoms in total. The van der Waals surface area contributed by atoms with Crippen LogP contribution in [0.5, 0.6) is 0 Å². The molecule has 0 fully saturated rings. The lowest BCUT2D eigenvalue weighted by molar-refractivity contribution is 0.104. The van der Waals surface area contributed by atoms with Crippen LogP contribution in [0.1, 0.15) is 25.3 Å². The van der Waals surface area contributed by atoms with Crippen LogP contribution in [0.25, 0.3) is 0 Å². The Balaban J connectivity index is 2.41. The van der Waals surface area contributed by atoms with Crippen LogP contribution in [-0.4, -0.2) is 57.1 Å². The molecule has 0 aliphatic rings. The molecule has 122 valence electrons. The molecule has 0 aromatic carbocycles. The monoisotopic (exact) mass is 299 g/mol. The van der Waals surface area contributed by atoms with Gasteiger partial charge in [-0.05, 0) is 12.5 Å². The van der Waals surface area contributed by atoms with Crippen molar-refractivity contribution in [1.82, 2.24) is 15.4 Å². The van der Waals surface area contributed by atoms with Crippen molar-refractivity contribution in [3.8, 4) is 0 Å². The van der Waals surface area contributed by atoms with Gasteiger partial charge in [0.25, 0.3) is 0 Å². The maximum Gasteiger partial charge on any atom is 0.151 e. The quantitative estimate of drug-likeness (QED) is 0.631. The second-order valence-electron chi connectivity index (χ2n) is 5.57. The first-order valence-electron chi connectivity index (χ1n) is 7.51. The number of hydrogen-bond acceptors (Lipinski definition) is 6. The van der Waals surface area contributed by atoms with Crippen molar-refractivity contribution in [3.63, 3.8) is 0 Å². The molecule has 0 saturated carbocycles. The largest absolute Gasteiger partial charge is 0.383 e. The minimum absolute atomic E-state index is 0.634. The Morgan fingerprint density at radius 2 is 1.90 bits per heavy atom. The molecule has 1 rings (SSSR count). The van der Waals surface area contributed by atoms with Gasteiger partial charge in [-0.15, -0.1) is 0 Å². The predicted molar refractivity (Wildman–Crippen MR) is 82.1 cm³/mol. The number of nitrogens with zero attached hydrogens (tertiary/aromatic N) is 2. The molecule has 1 N–H and O–H groups in total. The fourth-order valence-corrected chi connectivity index (χ4v) is 1.93. The van der Waals surface area contributed by atoms with Gasteiger partial charge in [-0.2, -0.15) is 0 Å². The van der Waals surface area contributed by atoms with Crippen LogP contribution in [0.15, 0.2) is 10.6 Å². The zero-order valence-electron chi connectivity index (χ0n) is 13.7. The van der Waals surface area contributed by atoms with E-state index in [2.05, 4.69) is 29.2 Å². The predicted octanol–water partition coefficient (Wildman–Crippen LogP) is 1.51. The van der Waals surface area contributed by atoms with Gasteiger partial charge in [0.05, 0.1) is 25.5 Å². The van der Waals surface area contributed by atoms with Gasteiger partial charge in [-0.3, -0.25) is 4.90 Å². The topological polar surface area (TPSA) is 59.8 Å². The van der Waals surface area contributed by atoms with E-state index < -0.39 is 0 Å². The lowest BCUT2D eigenvalue weighted by Gasteiger charge is -2.19. The summed E-state index contributed by atoms with van der Waals surface area (Å²) in [5.74, 6) is 1.51. The third-order valence-electron chi connectivity index (χ3n) is 3.07. The minimum Gasteiger partial charge on any atom is -0.383 e. The number of rotatable bonds is 12. The number of hydrogen-bond donors (Lipinski definition) is 1. The lowest BCUT2D eigenvalue weighted by atomic mass is 10.2. The summed E-state index contributed by atoms with van der Waals surface area (Å²) >= 11 is 0. The van der Waals surface area contributed by atoms with Crippen LogP contribution >= 0.6 is 0 Å². The third kappa shape index (κ3) is 8.16. The van der Waals surface area contributed by atoms with Crippen molar-refractivity contribution in [2.24, 2.45) is 5.92 Å². The summed E-state index contributed by atoms with van der Waals surface area (Å²) in [5, 5.41) is 7.46. The summed E-state index contributed by atoms with van der Waals surface area (Å²) in [4.78, 5) is 2.23. The molecule has 0 bridgehead atoms. The van der Waals surface area contributed by atoms with E-state index in [0.29, 0.717) is 19.1 Å². The Kier molecular flexibility index (Phi) is 9.25. The van der Waals surface area contributed by atoms with Crippen molar-refractivity contribution in [2.45, 2.75) is 26.9 Å². The second-order valence-corrected chi connectivity index (χ2v) is 5.57. The molecule has 0 saturated heterocycles. The van der Waals surface area contributed by atoms with E-state index in [4.69, 9.17) is 14.0 Å². The Morgan fingerprint density at radius 1 is 1.24 bits per heavy atom. The van der Waals surface area contributed by atoms with Crippen LogP contribution in [0.2, 0.25) is 0 Å². The van der Waals surface area contributed by atoms with Gasteiger partial charge in [-0.25, -0.2) is 0 Å². The maximum atomic E-state index is 5.40. The van der Waals surface area contributed by atoms with E-state index in [0.717, 1.165) is 44.2 Å². The zero-order valence-corrected chi connectivity index (χ0v) is 13.7. The minimum atomic E-state index is 0.634. The normalized spacial score (nSPS) is 11.7. The molecular weight excluding hydrogens is 270 g/mol. The fraction of sp³-hybridized carbons (Fsp3) is 0.800.